The number of carboxylic acid groups (broad SMARTS) is 1. The Labute approximate surface area is 136 Å². The highest BCUT2D eigenvalue weighted by molar-refractivity contribution is 5.78. The molecule has 1 spiro atoms. The van der Waals surface area contributed by atoms with E-state index in [2.05, 4.69) is 0 Å². The Balaban J connectivity index is 1.65. The van der Waals surface area contributed by atoms with Crippen molar-refractivity contribution in [3.63, 3.8) is 0 Å². The number of aliphatic hydroxyl groups excluding tert-OH is 1. The number of ether oxygens (including phenoxy) is 1. The first-order valence-electron chi connectivity index (χ1n) is 8.91. The van der Waals surface area contributed by atoms with E-state index in [1.165, 1.54) is 11.1 Å². The van der Waals surface area contributed by atoms with E-state index in [4.69, 9.17) is 4.74 Å². The molecule has 1 heterocycles. The Kier molecular flexibility index (Phi) is 3.59. The summed E-state index contributed by atoms with van der Waals surface area (Å²) in [7, 11) is 0. The molecule has 1 aliphatic heterocycles. The average Bonchev–Trinajstić information content (AvgIpc) is 3.08. The van der Waals surface area contributed by atoms with Crippen LogP contribution in [0.3, 0.4) is 0 Å². The fourth-order valence-electron chi connectivity index (χ4n) is 5.52. The predicted octanol–water partition coefficient (Wildman–Crippen LogP) is 2.01. The van der Waals surface area contributed by atoms with Crippen molar-refractivity contribution in [2.24, 2.45) is 11.3 Å². The van der Waals surface area contributed by atoms with E-state index in [0.717, 1.165) is 44.9 Å². The van der Waals surface area contributed by atoms with Crippen LogP contribution in [0.1, 0.15) is 57.8 Å². The quantitative estimate of drug-likeness (QED) is 0.643. The molecular weight excluding hydrogens is 296 g/mol. The standard InChI is InChI=1S/C18H26O5/c19-12-3-1-11(2-4-12)13-5-7-17-9-15(23-10-17)18(22,16(20)21)8-6-14(13)17/h12,14-15,19,22H,1-10H2,(H,20,21)/t12?,14-,15+,17+,18+/m0/s1. The lowest BCUT2D eigenvalue weighted by Crippen LogP contribution is -2.49. The average molecular weight is 322 g/mol. The highest BCUT2D eigenvalue weighted by Gasteiger charge is 2.60. The van der Waals surface area contributed by atoms with Crippen molar-refractivity contribution in [2.75, 3.05) is 6.61 Å². The third kappa shape index (κ3) is 2.28. The van der Waals surface area contributed by atoms with Gasteiger partial charge in [-0.05, 0) is 63.7 Å². The van der Waals surface area contributed by atoms with E-state index < -0.39 is 17.7 Å². The number of aliphatic hydroxyl groups is 2. The molecule has 0 aromatic heterocycles. The molecule has 1 saturated heterocycles. The fourth-order valence-corrected chi connectivity index (χ4v) is 5.52. The van der Waals surface area contributed by atoms with Gasteiger partial charge < -0.3 is 20.1 Å². The monoisotopic (exact) mass is 322 g/mol. The van der Waals surface area contributed by atoms with Crippen molar-refractivity contribution in [2.45, 2.75) is 75.6 Å². The molecule has 0 aromatic carbocycles. The fraction of sp³-hybridized carbons (Fsp3) is 0.833. The molecule has 5 heteroatoms. The van der Waals surface area contributed by atoms with Gasteiger partial charge in [-0.25, -0.2) is 4.79 Å². The van der Waals surface area contributed by atoms with Crippen LogP contribution in [0.15, 0.2) is 11.1 Å². The first-order valence-corrected chi connectivity index (χ1v) is 8.91. The molecule has 3 saturated carbocycles. The van der Waals surface area contributed by atoms with Crippen molar-refractivity contribution in [1.82, 2.24) is 0 Å². The molecule has 23 heavy (non-hydrogen) atoms. The first-order chi connectivity index (χ1) is 10.9. The Hall–Kier alpha value is -0.910. The number of fused-ring (bicyclic) bond motifs is 1. The van der Waals surface area contributed by atoms with Crippen LogP contribution in [-0.2, 0) is 9.53 Å². The molecule has 4 fully saturated rings. The van der Waals surface area contributed by atoms with Crippen molar-refractivity contribution in [3.8, 4) is 0 Å². The van der Waals surface area contributed by atoms with E-state index in [-0.39, 0.29) is 17.9 Å². The number of carbonyl (C=O) groups is 1. The lowest BCUT2D eigenvalue weighted by Gasteiger charge is -2.32. The summed E-state index contributed by atoms with van der Waals surface area (Å²) in [6, 6.07) is 0. The summed E-state index contributed by atoms with van der Waals surface area (Å²) in [5.74, 6) is -0.791. The number of rotatable bonds is 1. The summed E-state index contributed by atoms with van der Waals surface area (Å²) < 4.78 is 5.80. The number of hydrogen-bond acceptors (Lipinski definition) is 4. The van der Waals surface area contributed by atoms with Crippen LogP contribution in [0.4, 0.5) is 0 Å². The van der Waals surface area contributed by atoms with Gasteiger partial charge in [0.05, 0.1) is 18.8 Å². The van der Waals surface area contributed by atoms with Crippen LogP contribution in [0.2, 0.25) is 0 Å². The van der Waals surface area contributed by atoms with Gasteiger partial charge in [-0.15, -0.1) is 0 Å². The van der Waals surface area contributed by atoms with Crippen molar-refractivity contribution in [3.05, 3.63) is 11.1 Å². The molecule has 0 unspecified atom stereocenters. The Bertz CT molecular complexity index is 546. The highest BCUT2D eigenvalue weighted by Crippen LogP contribution is 2.60. The lowest BCUT2D eigenvalue weighted by molar-refractivity contribution is -0.174. The lowest BCUT2D eigenvalue weighted by atomic mass is 9.73. The van der Waals surface area contributed by atoms with E-state index >= 15 is 0 Å². The van der Waals surface area contributed by atoms with Crippen LogP contribution in [0.5, 0.6) is 0 Å². The van der Waals surface area contributed by atoms with Crippen LogP contribution < -0.4 is 0 Å². The molecule has 4 rings (SSSR count). The van der Waals surface area contributed by atoms with Crippen LogP contribution in [0, 0.1) is 11.3 Å². The summed E-state index contributed by atoms with van der Waals surface area (Å²) in [5.41, 5.74) is 1.28. The Morgan fingerprint density at radius 1 is 1.13 bits per heavy atom. The molecule has 5 nitrogen and oxygen atoms in total. The third-order valence-corrected chi connectivity index (χ3v) is 6.95. The summed E-state index contributed by atoms with van der Waals surface area (Å²) in [6.07, 6.45) is 6.70. The summed E-state index contributed by atoms with van der Waals surface area (Å²) in [4.78, 5) is 11.6. The molecule has 128 valence electrons. The molecule has 0 radical (unpaired) electrons. The Morgan fingerprint density at radius 3 is 2.57 bits per heavy atom. The minimum atomic E-state index is -1.73. The molecule has 0 amide bonds. The predicted molar refractivity (Wildman–Crippen MR) is 82.8 cm³/mol. The van der Waals surface area contributed by atoms with Gasteiger partial charge >= 0.3 is 5.97 Å². The van der Waals surface area contributed by atoms with Gasteiger partial charge in [0.1, 0.15) is 0 Å². The Morgan fingerprint density at radius 2 is 1.87 bits per heavy atom. The second kappa shape index (κ2) is 5.30. The van der Waals surface area contributed by atoms with Crippen LogP contribution in [0.25, 0.3) is 0 Å². The van der Waals surface area contributed by atoms with Gasteiger partial charge in [0, 0.05) is 5.41 Å². The number of allylic oxidation sites excluding steroid dienone is 2. The zero-order valence-corrected chi connectivity index (χ0v) is 13.5. The molecule has 3 aliphatic carbocycles. The van der Waals surface area contributed by atoms with Gasteiger partial charge in [0.2, 0.25) is 0 Å². The smallest absolute Gasteiger partial charge is 0.338 e. The maximum absolute atomic E-state index is 11.6. The van der Waals surface area contributed by atoms with E-state index in [1.807, 2.05) is 0 Å². The topological polar surface area (TPSA) is 87.0 Å². The second-order valence-electron chi connectivity index (χ2n) is 8.05. The maximum atomic E-state index is 11.6. The van der Waals surface area contributed by atoms with E-state index in [9.17, 15) is 20.1 Å². The van der Waals surface area contributed by atoms with Crippen molar-refractivity contribution < 1.29 is 24.9 Å². The minimum Gasteiger partial charge on any atom is -0.479 e. The van der Waals surface area contributed by atoms with Gasteiger partial charge in [0.25, 0.3) is 0 Å². The molecule has 2 bridgehead atoms. The number of hydrogen-bond donors (Lipinski definition) is 3. The molecular formula is C18H26O5. The highest BCUT2D eigenvalue weighted by atomic mass is 16.5. The summed E-state index contributed by atoms with van der Waals surface area (Å²) in [5, 5.41) is 29.8. The van der Waals surface area contributed by atoms with E-state index in [0.29, 0.717) is 18.9 Å². The van der Waals surface area contributed by atoms with E-state index in [1.54, 1.807) is 0 Å². The molecule has 4 aliphatic rings. The largest absolute Gasteiger partial charge is 0.479 e. The molecule has 4 atom stereocenters. The number of aliphatic carboxylic acids is 1. The third-order valence-electron chi connectivity index (χ3n) is 6.95. The van der Waals surface area contributed by atoms with Gasteiger partial charge in [0.15, 0.2) is 5.60 Å². The minimum absolute atomic E-state index is 0.0307. The normalized spacial score (nSPS) is 46.6. The molecule has 3 N–H and O–H groups in total. The van der Waals surface area contributed by atoms with Crippen LogP contribution in [-0.4, -0.2) is 45.7 Å². The number of carboxylic acids is 1. The van der Waals surface area contributed by atoms with Gasteiger partial charge in [-0.1, -0.05) is 11.1 Å². The molecule has 0 aromatic rings. The maximum Gasteiger partial charge on any atom is 0.338 e. The zero-order chi connectivity index (χ0) is 16.2. The summed E-state index contributed by atoms with van der Waals surface area (Å²) >= 11 is 0. The SMILES string of the molecule is O=C(O)[C@@]1(O)CC[C@H]2C(=C3CCC(O)CC3)CC[C@@]23CO[C@@H]1C3. The van der Waals surface area contributed by atoms with Gasteiger partial charge in [-0.3, -0.25) is 0 Å². The second-order valence-corrected chi connectivity index (χ2v) is 8.05. The zero-order valence-electron chi connectivity index (χ0n) is 13.5. The van der Waals surface area contributed by atoms with Gasteiger partial charge in [-0.2, -0.15) is 0 Å². The van der Waals surface area contributed by atoms with Crippen molar-refractivity contribution >= 4 is 5.97 Å². The summed E-state index contributed by atoms with van der Waals surface area (Å²) in [6.45, 7) is 0.581. The van der Waals surface area contributed by atoms with Crippen LogP contribution >= 0.6 is 0 Å². The first kappa shape index (κ1) is 15.6. The van der Waals surface area contributed by atoms with Crippen molar-refractivity contribution in [1.29, 1.82) is 0 Å².